The van der Waals surface area contributed by atoms with Crippen molar-refractivity contribution >= 4 is 23.5 Å². The molecular weight excluding hydrogens is 388 g/mol. The van der Waals surface area contributed by atoms with Gasteiger partial charge < -0.3 is 5.32 Å². The van der Waals surface area contributed by atoms with Crippen molar-refractivity contribution in [3.05, 3.63) is 103 Å². The van der Waals surface area contributed by atoms with Gasteiger partial charge in [-0.05, 0) is 48.6 Å². The predicted octanol–water partition coefficient (Wildman–Crippen LogP) is 4.79. The molecule has 31 heavy (non-hydrogen) atoms. The summed E-state index contributed by atoms with van der Waals surface area (Å²) in [6.45, 7) is 1.43. The number of nitrogens with one attached hydrogen (secondary N) is 1. The fourth-order valence-electron chi connectivity index (χ4n) is 3.17. The summed E-state index contributed by atoms with van der Waals surface area (Å²) in [7, 11) is 0. The van der Waals surface area contributed by atoms with Crippen LogP contribution in [0, 0.1) is 0 Å². The van der Waals surface area contributed by atoms with Gasteiger partial charge in [-0.3, -0.25) is 14.6 Å². The molecule has 0 bridgehead atoms. The highest BCUT2D eigenvalue weighted by Gasteiger charge is 2.11. The van der Waals surface area contributed by atoms with E-state index in [-0.39, 0.29) is 11.7 Å². The number of hydrogen-bond acceptors (Lipinski definition) is 4. The molecule has 0 unspecified atom stereocenters. The van der Waals surface area contributed by atoms with E-state index >= 15 is 0 Å². The number of aromatic nitrogens is 3. The van der Waals surface area contributed by atoms with Gasteiger partial charge in [0.25, 0.3) is 0 Å². The highest BCUT2D eigenvalue weighted by atomic mass is 16.1. The number of allylic oxidation sites excluding steroid dienone is 1. The summed E-state index contributed by atoms with van der Waals surface area (Å²) in [6.07, 6.45) is 8.59. The van der Waals surface area contributed by atoms with Crippen LogP contribution in [0.2, 0.25) is 0 Å². The summed E-state index contributed by atoms with van der Waals surface area (Å²) in [5, 5.41) is 7.42. The Morgan fingerprint density at radius 3 is 2.48 bits per heavy atom. The largest absolute Gasteiger partial charge is 0.326 e. The van der Waals surface area contributed by atoms with Crippen molar-refractivity contribution in [2.75, 3.05) is 5.32 Å². The standard InChI is InChI=1S/C25H20N4O2/c1-18(30)27-22-7-5-6-20(16-22)24(31)11-10-21-17-29(23-8-3-2-4-9-23)28-25(21)19-12-14-26-15-13-19/h2-17H,1H3,(H,27,30). The number of benzene rings is 2. The number of ketones is 1. The smallest absolute Gasteiger partial charge is 0.221 e. The number of pyridine rings is 1. The molecule has 2 aromatic heterocycles. The van der Waals surface area contributed by atoms with E-state index < -0.39 is 0 Å². The molecule has 0 radical (unpaired) electrons. The predicted molar refractivity (Wildman–Crippen MR) is 121 cm³/mol. The van der Waals surface area contributed by atoms with Crippen LogP contribution >= 0.6 is 0 Å². The molecule has 0 aliphatic carbocycles. The third-order valence-corrected chi connectivity index (χ3v) is 4.60. The number of hydrogen-bond donors (Lipinski definition) is 1. The first-order valence-electron chi connectivity index (χ1n) is 9.76. The van der Waals surface area contributed by atoms with Crippen LogP contribution in [0.15, 0.2) is 91.4 Å². The van der Waals surface area contributed by atoms with Crippen molar-refractivity contribution in [1.82, 2.24) is 14.8 Å². The molecule has 1 amide bonds. The van der Waals surface area contributed by atoms with Crippen molar-refractivity contribution in [2.24, 2.45) is 0 Å². The fourth-order valence-corrected chi connectivity index (χ4v) is 3.17. The summed E-state index contributed by atoms with van der Waals surface area (Å²) in [5.41, 5.74) is 4.46. The number of para-hydroxylation sites is 1. The molecule has 4 aromatic rings. The second-order valence-corrected chi connectivity index (χ2v) is 6.91. The van der Waals surface area contributed by atoms with Crippen molar-refractivity contribution in [3.63, 3.8) is 0 Å². The molecule has 1 N–H and O–H groups in total. The summed E-state index contributed by atoms with van der Waals surface area (Å²) in [6, 6.07) is 20.4. The normalized spacial score (nSPS) is 10.9. The molecule has 0 atom stereocenters. The van der Waals surface area contributed by atoms with Crippen molar-refractivity contribution in [2.45, 2.75) is 6.92 Å². The van der Waals surface area contributed by atoms with Crippen LogP contribution in [0.25, 0.3) is 23.0 Å². The number of nitrogens with zero attached hydrogens (tertiary/aromatic N) is 3. The van der Waals surface area contributed by atoms with E-state index in [1.807, 2.05) is 48.7 Å². The van der Waals surface area contributed by atoms with E-state index in [1.165, 1.54) is 13.0 Å². The van der Waals surface area contributed by atoms with E-state index in [9.17, 15) is 9.59 Å². The van der Waals surface area contributed by atoms with Crippen molar-refractivity contribution < 1.29 is 9.59 Å². The van der Waals surface area contributed by atoms with Gasteiger partial charge in [0, 0.05) is 47.9 Å². The molecule has 2 aromatic carbocycles. The highest BCUT2D eigenvalue weighted by Crippen LogP contribution is 2.24. The zero-order chi connectivity index (χ0) is 21.6. The van der Waals surface area contributed by atoms with E-state index in [4.69, 9.17) is 5.10 Å². The number of amides is 1. The summed E-state index contributed by atoms with van der Waals surface area (Å²) < 4.78 is 1.79. The lowest BCUT2D eigenvalue weighted by Gasteiger charge is -2.03. The van der Waals surface area contributed by atoms with Gasteiger partial charge in [-0.15, -0.1) is 0 Å². The van der Waals surface area contributed by atoms with Crippen LogP contribution in [0.4, 0.5) is 5.69 Å². The second kappa shape index (κ2) is 9.00. The first-order chi connectivity index (χ1) is 15.1. The number of rotatable bonds is 6. The van der Waals surface area contributed by atoms with Crippen molar-refractivity contribution in [1.29, 1.82) is 0 Å². The lowest BCUT2D eigenvalue weighted by atomic mass is 10.1. The minimum absolute atomic E-state index is 0.166. The minimum Gasteiger partial charge on any atom is -0.326 e. The van der Waals surface area contributed by atoms with Gasteiger partial charge in [0.05, 0.1) is 5.69 Å². The molecule has 4 rings (SSSR count). The van der Waals surface area contributed by atoms with Gasteiger partial charge in [-0.2, -0.15) is 5.10 Å². The molecule has 0 fully saturated rings. The van der Waals surface area contributed by atoms with Crippen molar-refractivity contribution in [3.8, 4) is 16.9 Å². The van der Waals surface area contributed by atoms with Gasteiger partial charge in [0.1, 0.15) is 5.69 Å². The van der Waals surface area contributed by atoms with Crippen LogP contribution in [0.1, 0.15) is 22.8 Å². The average molecular weight is 408 g/mol. The Morgan fingerprint density at radius 2 is 1.74 bits per heavy atom. The summed E-state index contributed by atoms with van der Waals surface area (Å²) >= 11 is 0. The molecule has 0 aliphatic heterocycles. The molecule has 6 heteroatoms. The topological polar surface area (TPSA) is 76.9 Å². The van der Waals surface area contributed by atoms with Gasteiger partial charge in [0.15, 0.2) is 5.78 Å². The van der Waals surface area contributed by atoms with Crippen LogP contribution in [-0.4, -0.2) is 26.5 Å². The number of carbonyl (C=O) groups is 2. The van der Waals surface area contributed by atoms with E-state index in [1.54, 1.807) is 47.4 Å². The van der Waals surface area contributed by atoms with Gasteiger partial charge in [-0.1, -0.05) is 30.3 Å². The third kappa shape index (κ3) is 4.82. The zero-order valence-corrected chi connectivity index (χ0v) is 16.9. The fraction of sp³-hybridized carbons (Fsp3) is 0.0400. The van der Waals surface area contributed by atoms with Gasteiger partial charge >= 0.3 is 0 Å². The highest BCUT2D eigenvalue weighted by molar-refractivity contribution is 6.08. The third-order valence-electron chi connectivity index (χ3n) is 4.60. The lowest BCUT2D eigenvalue weighted by molar-refractivity contribution is -0.114. The molecule has 152 valence electrons. The average Bonchev–Trinajstić information content (AvgIpc) is 3.23. The van der Waals surface area contributed by atoms with E-state index in [0.717, 1.165) is 22.5 Å². The number of anilines is 1. The number of carbonyl (C=O) groups excluding carboxylic acids is 2. The molecule has 0 aliphatic rings. The zero-order valence-electron chi connectivity index (χ0n) is 16.9. The maximum Gasteiger partial charge on any atom is 0.221 e. The lowest BCUT2D eigenvalue weighted by Crippen LogP contribution is -2.06. The Balaban J connectivity index is 1.67. The summed E-state index contributed by atoms with van der Waals surface area (Å²) in [4.78, 5) is 28.1. The van der Waals surface area contributed by atoms with E-state index in [2.05, 4.69) is 10.3 Å². The Hall–Kier alpha value is -4.32. The Labute approximate surface area is 179 Å². The first kappa shape index (κ1) is 20.0. The second-order valence-electron chi connectivity index (χ2n) is 6.91. The van der Waals surface area contributed by atoms with Crippen LogP contribution in [-0.2, 0) is 4.79 Å². The first-order valence-corrected chi connectivity index (χ1v) is 9.76. The Kier molecular flexibility index (Phi) is 5.80. The molecule has 6 nitrogen and oxygen atoms in total. The molecule has 0 saturated heterocycles. The van der Waals surface area contributed by atoms with Crippen LogP contribution < -0.4 is 5.32 Å². The molecule has 2 heterocycles. The maximum absolute atomic E-state index is 12.7. The summed E-state index contributed by atoms with van der Waals surface area (Å²) in [5.74, 6) is -0.351. The van der Waals surface area contributed by atoms with Gasteiger partial charge in [0.2, 0.25) is 5.91 Å². The molecule has 0 spiro atoms. The van der Waals surface area contributed by atoms with E-state index in [0.29, 0.717) is 11.3 Å². The van der Waals surface area contributed by atoms with Crippen LogP contribution in [0.3, 0.4) is 0 Å². The van der Waals surface area contributed by atoms with Gasteiger partial charge in [-0.25, -0.2) is 4.68 Å². The Morgan fingerprint density at radius 1 is 0.968 bits per heavy atom. The quantitative estimate of drug-likeness (QED) is 0.368. The SMILES string of the molecule is CC(=O)Nc1cccc(C(=O)C=Cc2cn(-c3ccccc3)nc2-c2ccncc2)c1. The Bertz CT molecular complexity index is 1250. The van der Waals surface area contributed by atoms with Crippen LogP contribution in [0.5, 0.6) is 0 Å². The molecular formula is C25H20N4O2. The monoisotopic (exact) mass is 408 g/mol. The minimum atomic E-state index is -0.185. The molecule has 0 saturated carbocycles. The maximum atomic E-state index is 12.7.